The first-order valence-corrected chi connectivity index (χ1v) is 11.4. The van der Waals surface area contributed by atoms with Gasteiger partial charge >= 0.3 is 10.2 Å². The summed E-state index contributed by atoms with van der Waals surface area (Å²) in [7, 11) is -4.02. The Bertz CT molecular complexity index is 1410. The van der Waals surface area contributed by atoms with Crippen molar-refractivity contribution in [3.63, 3.8) is 0 Å². The normalized spacial score (nSPS) is 11.8. The number of halogens is 2. The average Bonchev–Trinajstić information content (AvgIpc) is 3.28. The van der Waals surface area contributed by atoms with Gasteiger partial charge in [0, 0.05) is 24.8 Å². The van der Waals surface area contributed by atoms with E-state index in [4.69, 9.17) is 0 Å². The molecule has 0 aliphatic rings. The highest BCUT2D eigenvalue weighted by molar-refractivity contribution is 7.90. The Morgan fingerprint density at radius 1 is 1.06 bits per heavy atom. The van der Waals surface area contributed by atoms with Gasteiger partial charge in [-0.1, -0.05) is 13.8 Å². The predicted octanol–water partition coefficient (Wildman–Crippen LogP) is 3.44. The number of pyridine rings is 1. The van der Waals surface area contributed by atoms with Gasteiger partial charge in [0.15, 0.2) is 11.5 Å². The van der Waals surface area contributed by atoms with Crippen LogP contribution in [0.25, 0.3) is 22.4 Å². The van der Waals surface area contributed by atoms with E-state index in [1.54, 1.807) is 26.0 Å². The Balaban J connectivity index is 1.74. The van der Waals surface area contributed by atoms with E-state index in [9.17, 15) is 12.8 Å². The van der Waals surface area contributed by atoms with Crippen LogP contribution in [0.3, 0.4) is 0 Å². The van der Waals surface area contributed by atoms with Crippen molar-refractivity contribution >= 4 is 38.6 Å². The third-order valence-corrected chi connectivity index (χ3v) is 6.58. The maximum absolute atomic E-state index is 15.2. The molecule has 13 heteroatoms. The fourth-order valence-electron chi connectivity index (χ4n) is 3.30. The fourth-order valence-corrected chi connectivity index (χ4v) is 4.54. The number of benzene rings is 1. The molecule has 0 saturated heterocycles. The molecule has 0 radical (unpaired) electrons. The highest BCUT2D eigenvalue weighted by Crippen LogP contribution is 2.34. The lowest BCUT2D eigenvalue weighted by molar-refractivity contribution is 0.449. The van der Waals surface area contributed by atoms with Crippen LogP contribution in [0.5, 0.6) is 0 Å². The predicted molar refractivity (Wildman–Crippen MR) is 120 cm³/mol. The molecular weight excluding hydrogens is 454 g/mol. The maximum atomic E-state index is 15.2. The molecule has 33 heavy (non-hydrogen) atoms. The van der Waals surface area contributed by atoms with E-state index in [-0.39, 0.29) is 18.9 Å². The summed E-state index contributed by atoms with van der Waals surface area (Å²) < 4.78 is 58.2. The van der Waals surface area contributed by atoms with E-state index in [1.165, 1.54) is 18.9 Å². The van der Waals surface area contributed by atoms with E-state index in [2.05, 4.69) is 35.0 Å². The topological polar surface area (TPSA) is 129 Å². The number of fused-ring (bicyclic) bond motifs is 1. The summed E-state index contributed by atoms with van der Waals surface area (Å²) in [5, 5.41) is 2.64. The Morgan fingerprint density at radius 3 is 2.61 bits per heavy atom. The van der Waals surface area contributed by atoms with Crippen LogP contribution >= 0.6 is 0 Å². The fraction of sp³-hybridized carbons (Fsp3) is 0.200. The molecular formula is C20H20F2N8O2S. The minimum atomic E-state index is -4.02. The van der Waals surface area contributed by atoms with Gasteiger partial charge in [0.25, 0.3) is 0 Å². The number of nitrogens with zero attached hydrogens (tertiary/aromatic N) is 5. The Labute approximate surface area is 188 Å². The number of aromatic nitrogens is 5. The smallest absolute Gasteiger partial charge is 0.301 e. The molecule has 172 valence electrons. The first kappa shape index (κ1) is 22.5. The summed E-state index contributed by atoms with van der Waals surface area (Å²) in [5.41, 5.74) is 0.829. The number of H-pyrrole nitrogens is 1. The van der Waals surface area contributed by atoms with Gasteiger partial charge in [-0.3, -0.25) is 4.72 Å². The summed E-state index contributed by atoms with van der Waals surface area (Å²) in [4.78, 5) is 19.5. The van der Waals surface area contributed by atoms with Crippen molar-refractivity contribution in [1.82, 2.24) is 29.2 Å². The highest BCUT2D eigenvalue weighted by atomic mass is 32.2. The first-order chi connectivity index (χ1) is 15.9. The number of aromatic amines is 1. The van der Waals surface area contributed by atoms with E-state index >= 15 is 4.39 Å². The molecule has 0 aliphatic carbocycles. The van der Waals surface area contributed by atoms with E-state index in [0.717, 1.165) is 16.4 Å². The number of hydrogen-bond donors (Lipinski definition) is 3. The molecule has 3 heterocycles. The second kappa shape index (κ2) is 9.03. The second-order valence-corrected chi connectivity index (χ2v) is 8.49. The molecule has 0 spiro atoms. The van der Waals surface area contributed by atoms with Crippen LogP contribution in [-0.4, -0.2) is 50.7 Å². The average molecular weight is 474 g/mol. The summed E-state index contributed by atoms with van der Waals surface area (Å²) in [6.07, 6.45) is 4.22. The lowest BCUT2D eigenvalue weighted by Gasteiger charge is -2.20. The molecule has 10 nitrogen and oxygen atoms in total. The number of rotatable bonds is 8. The Kier molecular flexibility index (Phi) is 6.16. The Hall–Kier alpha value is -3.71. The monoisotopic (exact) mass is 474 g/mol. The van der Waals surface area contributed by atoms with Gasteiger partial charge in [-0.2, -0.15) is 12.7 Å². The molecule has 0 aliphatic heterocycles. The van der Waals surface area contributed by atoms with Crippen LogP contribution in [0.1, 0.15) is 13.8 Å². The number of imidazole rings is 1. The molecule has 0 fully saturated rings. The molecule has 3 aromatic heterocycles. The molecule has 0 unspecified atom stereocenters. The summed E-state index contributed by atoms with van der Waals surface area (Å²) in [5.74, 6) is -1.94. The minimum Gasteiger partial charge on any atom is -0.341 e. The van der Waals surface area contributed by atoms with Crippen LogP contribution in [-0.2, 0) is 10.2 Å². The molecule has 1 aromatic carbocycles. The van der Waals surface area contributed by atoms with Crippen molar-refractivity contribution < 1.29 is 17.2 Å². The van der Waals surface area contributed by atoms with Crippen LogP contribution in [0, 0.1) is 11.6 Å². The van der Waals surface area contributed by atoms with Gasteiger partial charge in [0.1, 0.15) is 34.9 Å². The van der Waals surface area contributed by atoms with Crippen molar-refractivity contribution in [3.8, 4) is 11.3 Å². The van der Waals surface area contributed by atoms with Gasteiger partial charge in [-0.15, -0.1) is 0 Å². The molecule has 0 saturated carbocycles. The van der Waals surface area contributed by atoms with Crippen LogP contribution in [0.4, 0.5) is 26.0 Å². The quantitative estimate of drug-likeness (QED) is 0.357. The minimum absolute atomic E-state index is 0.105. The number of anilines is 3. The van der Waals surface area contributed by atoms with Crippen LogP contribution < -0.4 is 10.0 Å². The van der Waals surface area contributed by atoms with Gasteiger partial charge < -0.3 is 10.3 Å². The van der Waals surface area contributed by atoms with E-state index < -0.39 is 33.2 Å². The van der Waals surface area contributed by atoms with Crippen molar-refractivity contribution in [2.45, 2.75) is 13.8 Å². The van der Waals surface area contributed by atoms with Gasteiger partial charge in [0.2, 0.25) is 0 Å². The summed E-state index contributed by atoms with van der Waals surface area (Å²) >= 11 is 0. The highest BCUT2D eigenvalue weighted by Gasteiger charge is 2.23. The number of nitrogens with one attached hydrogen (secondary N) is 3. The van der Waals surface area contributed by atoms with Crippen LogP contribution in [0.2, 0.25) is 0 Å². The SMILES string of the molecule is CCN(CC)S(=O)(=O)Nc1ccc(F)c(Nc2ncccc2-c2ncnc3nc[nH]c23)c1F. The van der Waals surface area contributed by atoms with Crippen molar-refractivity contribution in [2.24, 2.45) is 0 Å². The van der Waals surface area contributed by atoms with Gasteiger partial charge in [0.05, 0.1) is 12.0 Å². The zero-order valence-corrected chi connectivity index (χ0v) is 18.5. The molecule has 4 rings (SSSR count). The van der Waals surface area contributed by atoms with Crippen molar-refractivity contribution in [3.05, 3.63) is 54.8 Å². The second-order valence-electron chi connectivity index (χ2n) is 6.82. The molecule has 4 aromatic rings. The van der Waals surface area contributed by atoms with Gasteiger partial charge in [-0.25, -0.2) is 28.7 Å². The molecule has 0 amide bonds. The van der Waals surface area contributed by atoms with E-state index in [0.29, 0.717) is 22.4 Å². The Morgan fingerprint density at radius 2 is 1.85 bits per heavy atom. The van der Waals surface area contributed by atoms with Gasteiger partial charge in [-0.05, 0) is 24.3 Å². The molecule has 0 atom stereocenters. The third-order valence-electron chi connectivity index (χ3n) is 4.90. The van der Waals surface area contributed by atoms with E-state index in [1.807, 2.05) is 0 Å². The largest absolute Gasteiger partial charge is 0.341 e. The standard InChI is InChI=1S/C20H20F2N8O2S/c1-3-30(4-2)33(31,32)29-14-8-7-13(21)17(15(14)22)28-19-12(6-5-9-23-19)16-18-20(26-10-24-16)27-11-25-18/h5-11,29H,3-4H2,1-2H3,(H,23,28)(H,24,25,26,27). The molecule has 3 N–H and O–H groups in total. The lowest BCUT2D eigenvalue weighted by atomic mass is 10.1. The van der Waals surface area contributed by atoms with Crippen molar-refractivity contribution in [2.75, 3.05) is 23.1 Å². The lowest BCUT2D eigenvalue weighted by Crippen LogP contribution is -2.35. The number of hydrogen-bond acceptors (Lipinski definition) is 7. The zero-order chi connectivity index (χ0) is 23.6. The van der Waals surface area contributed by atoms with Crippen molar-refractivity contribution in [1.29, 1.82) is 0 Å². The first-order valence-electron chi connectivity index (χ1n) is 9.98. The van der Waals surface area contributed by atoms with Crippen LogP contribution in [0.15, 0.2) is 43.1 Å². The summed E-state index contributed by atoms with van der Waals surface area (Å²) in [6, 6.07) is 5.30. The molecule has 0 bridgehead atoms. The third kappa shape index (κ3) is 4.32. The maximum Gasteiger partial charge on any atom is 0.301 e. The summed E-state index contributed by atoms with van der Waals surface area (Å²) in [6.45, 7) is 3.70. The zero-order valence-electron chi connectivity index (χ0n) is 17.7.